The number of para-hydroxylation sites is 1. The van der Waals surface area contributed by atoms with Gasteiger partial charge in [0, 0.05) is 45.2 Å². The second kappa shape index (κ2) is 21.5. The van der Waals surface area contributed by atoms with Crippen LogP contribution in [-0.2, 0) is 37.5 Å². The Morgan fingerprint density at radius 2 is 1.34 bits per heavy atom. The normalized spacial score (nSPS) is 8.76. The van der Waals surface area contributed by atoms with Gasteiger partial charge in [0.2, 0.25) is 5.91 Å². The molecule has 0 bridgehead atoms. The number of hydrogen-bond acceptors (Lipinski definition) is 2. The fourth-order valence-electron chi connectivity index (χ4n) is 2.17. The average molecular weight is 479 g/mol. The van der Waals surface area contributed by atoms with Gasteiger partial charge in [-0.2, -0.15) is 0 Å². The van der Waals surface area contributed by atoms with Crippen molar-refractivity contribution in [2.24, 2.45) is 0 Å². The second-order valence-electron chi connectivity index (χ2n) is 6.55. The first-order valence-electron chi connectivity index (χ1n) is 9.01. The fourth-order valence-corrected chi connectivity index (χ4v) is 2.17. The summed E-state index contributed by atoms with van der Waals surface area (Å²) in [6, 6.07) is 20.4. The third kappa shape index (κ3) is 18.6. The van der Waals surface area contributed by atoms with E-state index in [-0.39, 0.29) is 66.9 Å². The van der Waals surface area contributed by atoms with Gasteiger partial charge in [-0.3, -0.25) is 4.79 Å². The van der Waals surface area contributed by atoms with Crippen molar-refractivity contribution < 1.29 is 42.2 Å². The van der Waals surface area contributed by atoms with E-state index in [2.05, 4.69) is 43.4 Å². The molecule has 0 atom stereocenters. The molecule has 29 heavy (non-hydrogen) atoms. The number of rotatable bonds is 7. The topological polar surface area (TPSA) is 38.3 Å². The van der Waals surface area contributed by atoms with Crippen LogP contribution in [0, 0.1) is 0 Å². The minimum atomic E-state index is 0. The zero-order valence-corrected chi connectivity index (χ0v) is 19.3. The van der Waals surface area contributed by atoms with Crippen LogP contribution in [0.3, 0.4) is 0 Å². The summed E-state index contributed by atoms with van der Waals surface area (Å²) >= 11 is 0. The molecule has 3 nitrogen and oxygen atoms in total. The molecule has 0 saturated heterocycles. The first kappa shape index (κ1) is 35.3. The summed E-state index contributed by atoms with van der Waals surface area (Å²) in [4.78, 5) is 11.3. The SMILES string of the molecule is C.C.C.CC(C)NC(=O)CCCOc1ccccc1.CC(C)c1ccccc1.[Y]. The standard InChI is InChI=1S/C13H19NO2.C9H12.3CH4.Y/c1-11(2)14-13(15)9-6-10-16-12-7-4-3-5-8-12;1-8(2)9-6-4-3-5-7-9;;;;/h3-5,7-8,11H,6,9-10H2,1-2H3,(H,14,15);3-8H,1-2H3;3*1H4;. The summed E-state index contributed by atoms with van der Waals surface area (Å²) in [6.45, 7) is 8.90. The van der Waals surface area contributed by atoms with E-state index in [0.717, 1.165) is 12.2 Å². The predicted molar refractivity (Wildman–Crippen MR) is 125 cm³/mol. The molecule has 1 N–H and O–H groups in total. The molecule has 0 heterocycles. The van der Waals surface area contributed by atoms with E-state index in [1.54, 1.807) is 0 Å². The van der Waals surface area contributed by atoms with Crippen LogP contribution in [0.4, 0.5) is 0 Å². The van der Waals surface area contributed by atoms with Gasteiger partial charge in [0.25, 0.3) is 0 Å². The maximum absolute atomic E-state index is 11.3. The second-order valence-corrected chi connectivity index (χ2v) is 6.55. The Labute approximate surface area is 205 Å². The van der Waals surface area contributed by atoms with Crippen LogP contribution in [0.15, 0.2) is 60.7 Å². The molecular weight excluding hydrogens is 435 g/mol. The molecule has 0 saturated carbocycles. The van der Waals surface area contributed by atoms with Crippen LogP contribution in [0.1, 0.15) is 74.3 Å². The van der Waals surface area contributed by atoms with Gasteiger partial charge in [-0.05, 0) is 43.9 Å². The van der Waals surface area contributed by atoms with Gasteiger partial charge in [-0.25, -0.2) is 0 Å². The van der Waals surface area contributed by atoms with Gasteiger partial charge in [0.15, 0.2) is 0 Å². The number of amides is 1. The molecule has 0 aliphatic rings. The van der Waals surface area contributed by atoms with E-state index >= 15 is 0 Å². The van der Waals surface area contributed by atoms with Crippen LogP contribution in [0.5, 0.6) is 5.75 Å². The van der Waals surface area contributed by atoms with Crippen molar-refractivity contribution in [1.82, 2.24) is 5.32 Å². The molecule has 2 aromatic rings. The minimum absolute atomic E-state index is 0. The predicted octanol–water partition coefficient (Wildman–Crippen LogP) is 7.09. The Hall–Kier alpha value is -1.19. The number of carbonyl (C=O) groups is 1. The Morgan fingerprint density at radius 1 is 0.862 bits per heavy atom. The van der Waals surface area contributed by atoms with Gasteiger partial charge < -0.3 is 10.1 Å². The van der Waals surface area contributed by atoms with Crippen LogP contribution in [0.25, 0.3) is 0 Å². The van der Waals surface area contributed by atoms with Crippen molar-refractivity contribution in [1.29, 1.82) is 0 Å². The van der Waals surface area contributed by atoms with Crippen LogP contribution in [0.2, 0.25) is 0 Å². The maximum Gasteiger partial charge on any atom is 0.220 e. The maximum atomic E-state index is 11.3. The van der Waals surface area contributed by atoms with E-state index in [4.69, 9.17) is 4.74 Å². The van der Waals surface area contributed by atoms with E-state index < -0.39 is 0 Å². The number of nitrogens with one attached hydrogen (secondary N) is 1. The third-order valence-corrected chi connectivity index (χ3v) is 3.48. The summed E-state index contributed by atoms with van der Waals surface area (Å²) in [6.07, 6.45) is 1.26. The number of carbonyl (C=O) groups excluding carboxylic acids is 1. The molecule has 4 heteroatoms. The van der Waals surface area contributed by atoms with Crippen molar-refractivity contribution in [3.63, 3.8) is 0 Å². The summed E-state index contributed by atoms with van der Waals surface area (Å²) in [5, 5.41) is 2.85. The van der Waals surface area contributed by atoms with Crippen molar-refractivity contribution in [2.75, 3.05) is 6.61 Å². The zero-order chi connectivity index (χ0) is 18.5. The van der Waals surface area contributed by atoms with E-state index in [1.807, 2.05) is 50.2 Å². The molecule has 0 unspecified atom stereocenters. The molecule has 1 amide bonds. The smallest absolute Gasteiger partial charge is 0.220 e. The molecule has 0 spiro atoms. The summed E-state index contributed by atoms with van der Waals surface area (Å²) < 4.78 is 5.48. The van der Waals surface area contributed by atoms with E-state index in [9.17, 15) is 4.79 Å². The van der Waals surface area contributed by atoms with Gasteiger partial charge in [0.1, 0.15) is 5.75 Å². The Bertz CT molecular complexity index is 586. The molecule has 1 radical (unpaired) electrons. The molecule has 0 aromatic heterocycles. The van der Waals surface area contributed by atoms with Crippen molar-refractivity contribution in [2.45, 2.75) is 74.8 Å². The average Bonchev–Trinajstić information content (AvgIpc) is 2.60. The Kier molecular flexibility index (Phi) is 26.2. The van der Waals surface area contributed by atoms with Crippen molar-refractivity contribution in [3.8, 4) is 5.75 Å². The Morgan fingerprint density at radius 3 is 1.76 bits per heavy atom. The Balaban J connectivity index is -0.000000210. The van der Waals surface area contributed by atoms with Crippen molar-refractivity contribution in [3.05, 3.63) is 66.2 Å². The molecule has 0 aliphatic heterocycles. The molecule has 163 valence electrons. The first-order valence-corrected chi connectivity index (χ1v) is 9.01. The van der Waals surface area contributed by atoms with E-state index in [0.29, 0.717) is 18.9 Å². The molecule has 2 aromatic carbocycles. The quantitative estimate of drug-likeness (QED) is 0.432. The monoisotopic (exact) mass is 478 g/mol. The van der Waals surface area contributed by atoms with Gasteiger partial charge in [0.05, 0.1) is 6.61 Å². The third-order valence-electron chi connectivity index (χ3n) is 3.48. The zero-order valence-electron chi connectivity index (χ0n) is 16.4. The van der Waals surface area contributed by atoms with Crippen LogP contribution < -0.4 is 10.1 Å². The largest absolute Gasteiger partial charge is 0.494 e. The summed E-state index contributed by atoms with van der Waals surface area (Å²) in [7, 11) is 0. The minimum Gasteiger partial charge on any atom is -0.494 e. The van der Waals surface area contributed by atoms with E-state index in [1.165, 1.54) is 5.56 Å². The number of benzene rings is 2. The van der Waals surface area contributed by atoms with Crippen LogP contribution >= 0.6 is 0 Å². The van der Waals surface area contributed by atoms with Gasteiger partial charge in [-0.15, -0.1) is 0 Å². The fraction of sp³-hybridized carbons (Fsp3) is 0.480. The van der Waals surface area contributed by atoms with Crippen LogP contribution in [-0.4, -0.2) is 18.6 Å². The molecule has 0 fully saturated rings. The van der Waals surface area contributed by atoms with Gasteiger partial charge in [-0.1, -0.05) is 84.7 Å². The number of hydrogen-bond donors (Lipinski definition) is 1. The summed E-state index contributed by atoms with van der Waals surface area (Å²) in [5.74, 6) is 1.60. The summed E-state index contributed by atoms with van der Waals surface area (Å²) in [5.41, 5.74) is 1.41. The first-order chi connectivity index (χ1) is 12.0. The van der Waals surface area contributed by atoms with Gasteiger partial charge >= 0.3 is 0 Å². The van der Waals surface area contributed by atoms with Crippen molar-refractivity contribution >= 4 is 5.91 Å². The number of ether oxygens (including phenoxy) is 1. The molecule has 2 rings (SSSR count). The molecule has 0 aliphatic carbocycles. The molecular formula is C25H43NO2Y.